The van der Waals surface area contributed by atoms with Gasteiger partial charge in [-0.05, 0) is 41.4 Å². The third-order valence-corrected chi connectivity index (χ3v) is 4.28. The monoisotopic (exact) mass is 326 g/mol. The Hall–Kier alpha value is -0.850. The Morgan fingerprint density at radius 2 is 2.47 bits per heavy atom. The SMILES string of the molecule is Nc1cc(Br)cnc1NCC1CN2CCCC2CO1. The number of nitrogens with zero attached hydrogens (tertiary/aromatic N) is 2. The number of hydrogen-bond acceptors (Lipinski definition) is 5. The van der Waals surface area contributed by atoms with Gasteiger partial charge in [-0.15, -0.1) is 0 Å². The van der Waals surface area contributed by atoms with Crippen molar-refractivity contribution in [1.29, 1.82) is 0 Å². The zero-order valence-corrected chi connectivity index (χ0v) is 12.4. The zero-order chi connectivity index (χ0) is 13.2. The van der Waals surface area contributed by atoms with E-state index in [1.807, 2.05) is 6.07 Å². The van der Waals surface area contributed by atoms with E-state index in [0.29, 0.717) is 11.7 Å². The first kappa shape index (κ1) is 13.1. The van der Waals surface area contributed by atoms with Gasteiger partial charge in [0.1, 0.15) is 5.82 Å². The molecule has 3 N–H and O–H groups in total. The molecule has 1 aromatic rings. The van der Waals surface area contributed by atoms with Gasteiger partial charge in [-0.25, -0.2) is 4.98 Å². The predicted octanol–water partition coefficient (Wildman–Crippen LogP) is 1.70. The molecule has 2 aliphatic heterocycles. The first-order valence-electron chi connectivity index (χ1n) is 6.73. The van der Waals surface area contributed by atoms with Crippen molar-refractivity contribution in [1.82, 2.24) is 9.88 Å². The lowest BCUT2D eigenvalue weighted by molar-refractivity contribution is -0.0415. The smallest absolute Gasteiger partial charge is 0.149 e. The van der Waals surface area contributed by atoms with Gasteiger partial charge in [0, 0.05) is 29.8 Å². The molecule has 1 aromatic heterocycles. The molecule has 2 saturated heterocycles. The Balaban J connectivity index is 1.54. The molecule has 0 aliphatic carbocycles. The number of ether oxygens (including phenoxy) is 1. The zero-order valence-electron chi connectivity index (χ0n) is 10.8. The highest BCUT2D eigenvalue weighted by Crippen LogP contribution is 2.24. The molecule has 5 nitrogen and oxygen atoms in total. The van der Waals surface area contributed by atoms with E-state index in [-0.39, 0.29) is 6.10 Å². The summed E-state index contributed by atoms with van der Waals surface area (Å²) in [4.78, 5) is 6.81. The summed E-state index contributed by atoms with van der Waals surface area (Å²) in [5.41, 5.74) is 6.57. The van der Waals surface area contributed by atoms with Crippen LogP contribution in [0.3, 0.4) is 0 Å². The number of aromatic nitrogens is 1. The Bertz CT molecular complexity index is 456. The summed E-state index contributed by atoms with van der Waals surface area (Å²) in [7, 11) is 0. The lowest BCUT2D eigenvalue weighted by Gasteiger charge is -2.35. The summed E-state index contributed by atoms with van der Waals surface area (Å²) in [6.45, 7) is 3.83. The van der Waals surface area contributed by atoms with Crippen molar-refractivity contribution in [3.63, 3.8) is 0 Å². The summed E-state index contributed by atoms with van der Waals surface area (Å²) >= 11 is 3.35. The Morgan fingerprint density at radius 3 is 3.32 bits per heavy atom. The highest BCUT2D eigenvalue weighted by Gasteiger charge is 2.31. The number of fused-ring (bicyclic) bond motifs is 1. The molecule has 3 rings (SSSR count). The summed E-state index contributed by atoms with van der Waals surface area (Å²) in [5, 5.41) is 3.28. The fourth-order valence-electron chi connectivity index (χ4n) is 2.82. The van der Waals surface area contributed by atoms with Gasteiger partial charge in [-0.3, -0.25) is 4.90 Å². The molecule has 2 atom stereocenters. The van der Waals surface area contributed by atoms with Crippen LogP contribution >= 0.6 is 15.9 Å². The average molecular weight is 327 g/mol. The third kappa shape index (κ3) is 3.01. The number of rotatable bonds is 3. The molecule has 104 valence electrons. The molecule has 0 bridgehead atoms. The minimum atomic E-state index is 0.221. The van der Waals surface area contributed by atoms with Crippen LogP contribution < -0.4 is 11.1 Å². The molecule has 2 unspecified atom stereocenters. The molecule has 0 spiro atoms. The van der Waals surface area contributed by atoms with Gasteiger partial charge in [0.2, 0.25) is 0 Å². The van der Waals surface area contributed by atoms with E-state index < -0.39 is 0 Å². The maximum atomic E-state index is 5.92. The second-order valence-electron chi connectivity index (χ2n) is 5.22. The second kappa shape index (κ2) is 5.64. The van der Waals surface area contributed by atoms with Gasteiger partial charge in [0.25, 0.3) is 0 Å². The summed E-state index contributed by atoms with van der Waals surface area (Å²) in [6, 6.07) is 2.50. The van der Waals surface area contributed by atoms with Crippen LogP contribution in [0.25, 0.3) is 0 Å². The molecule has 3 heterocycles. The summed E-state index contributed by atoms with van der Waals surface area (Å²) < 4.78 is 6.79. The first-order valence-corrected chi connectivity index (χ1v) is 7.52. The van der Waals surface area contributed by atoms with Crippen molar-refractivity contribution < 1.29 is 4.74 Å². The van der Waals surface area contributed by atoms with E-state index in [1.165, 1.54) is 19.4 Å². The van der Waals surface area contributed by atoms with Crippen LogP contribution in [0, 0.1) is 0 Å². The molecule has 6 heteroatoms. The lowest BCUT2D eigenvalue weighted by Crippen LogP contribution is -2.48. The van der Waals surface area contributed by atoms with Crippen LogP contribution in [0.2, 0.25) is 0 Å². The Morgan fingerprint density at radius 1 is 1.58 bits per heavy atom. The van der Waals surface area contributed by atoms with Crippen LogP contribution in [0.15, 0.2) is 16.7 Å². The van der Waals surface area contributed by atoms with Gasteiger partial charge < -0.3 is 15.8 Å². The molecule has 0 saturated carbocycles. The highest BCUT2D eigenvalue weighted by atomic mass is 79.9. The Labute approximate surface area is 121 Å². The minimum absolute atomic E-state index is 0.221. The molecule has 2 fully saturated rings. The average Bonchev–Trinajstić information content (AvgIpc) is 2.85. The standard InChI is InChI=1S/C13H19BrN4O/c14-9-4-12(15)13(16-5-9)17-6-11-7-18-3-1-2-10(18)8-19-11/h4-5,10-11H,1-3,6-8,15H2,(H,16,17). The highest BCUT2D eigenvalue weighted by molar-refractivity contribution is 9.10. The maximum Gasteiger partial charge on any atom is 0.149 e. The number of nitrogens with two attached hydrogens (primary N) is 1. The number of nitrogens with one attached hydrogen (secondary N) is 1. The van der Waals surface area contributed by atoms with Crippen LogP contribution in [0.5, 0.6) is 0 Å². The van der Waals surface area contributed by atoms with Gasteiger partial charge in [0.05, 0.1) is 18.4 Å². The molecule has 0 radical (unpaired) electrons. The molecular formula is C13H19BrN4O. The number of anilines is 2. The van der Waals surface area contributed by atoms with E-state index >= 15 is 0 Å². The van der Waals surface area contributed by atoms with Crippen LogP contribution in [-0.2, 0) is 4.74 Å². The van der Waals surface area contributed by atoms with Gasteiger partial charge in [-0.1, -0.05) is 0 Å². The molecule has 0 aromatic carbocycles. The van der Waals surface area contributed by atoms with Crippen LogP contribution in [0.1, 0.15) is 12.8 Å². The molecular weight excluding hydrogens is 308 g/mol. The van der Waals surface area contributed by atoms with Gasteiger partial charge in [0.15, 0.2) is 0 Å². The normalized spacial score (nSPS) is 27.2. The van der Waals surface area contributed by atoms with Crippen molar-refractivity contribution >= 4 is 27.4 Å². The molecule has 0 amide bonds. The van der Waals surface area contributed by atoms with Crippen molar-refractivity contribution in [2.24, 2.45) is 0 Å². The number of hydrogen-bond donors (Lipinski definition) is 2. The van der Waals surface area contributed by atoms with Gasteiger partial charge >= 0.3 is 0 Å². The second-order valence-corrected chi connectivity index (χ2v) is 6.13. The predicted molar refractivity (Wildman–Crippen MR) is 79.2 cm³/mol. The quantitative estimate of drug-likeness (QED) is 0.885. The van der Waals surface area contributed by atoms with E-state index in [4.69, 9.17) is 10.5 Å². The number of morpholine rings is 1. The van der Waals surface area contributed by atoms with Crippen molar-refractivity contribution in [3.05, 3.63) is 16.7 Å². The fourth-order valence-corrected chi connectivity index (χ4v) is 3.17. The number of nitrogen functional groups attached to an aromatic ring is 1. The maximum absolute atomic E-state index is 5.92. The van der Waals surface area contributed by atoms with Crippen LogP contribution in [-0.4, -0.2) is 48.3 Å². The van der Waals surface area contributed by atoms with Crippen molar-refractivity contribution in [3.8, 4) is 0 Å². The summed E-state index contributed by atoms with van der Waals surface area (Å²) in [6.07, 6.45) is 4.55. The summed E-state index contributed by atoms with van der Waals surface area (Å²) in [5.74, 6) is 0.732. The molecule has 2 aliphatic rings. The topological polar surface area (TPSA) is 63.4 Å². The van der Waals surface area contributed by atoms with Gasteiger partial charge in [-0.2, -0.15) is 0 Å². The Kier molecular flexibility index (Phi) is 3.91. The van der Waals surface area contributed by atoms with E-state index in [1.54, 1.807) is 6.20 Å². The van der Waals surface area contributed by atoms with Crippen LogP contribution in [0.4, 0.5) is 11.5 Å². The number of halogens is 1. The number of pyridine rings is 1. The van der Waals surface area contributed by atoms with Crippen molar-refractivity contribution in [2.75, 3.05) is 37.3 Å². The lowest BCUT2D eigenvalue weighted by atomic mass is 10.2. The van der Waals surface area contributed by atoms with E-state index in [9.17, 15) is 0 Å². The first-order chi connectivity index (χ1) is 9.22. The van der Waals surface area contributed by atoms with E-state index in [0.717, 1.165) is 30.0 Å². The third-order valence-electron chi connectivity index (χ3n) is 3.84. The van der Waals surface area contributed by atoms with E-state index in [2.05, 4.69) is 31.1 Å². The fraction of sp³-hybridized carbons (Fsp3) is 0.615. The minimum Gasteiger partial charge on any atom is -0.396 e. The largest absolute Gasteiger partial charge is 0.396 e. The molecule has 19 heavy (non-hydrogen) atoms. The van der Waals surface area contributed by atoms with Crippen molar-refractivity contribution in [2.45, 2.75) is 25.0 Å².